The van der Waals surface area contributed by atoms with Gasteiger partial charge in [-0.2, -0.15) is 4.31 Å². The summed E-state index contributed by atoms with van der Waals surface area (Å²) in [5.74, 6) is 0.0338. The molecule has 3 aromatic rings. The summed E-state index contributed by atoms with van der Waals surface area (Å²) in [5, 5.41) is 6.50. The molecule has 1 aliphatic heterocycles. The average molecular weight is 532 g/mol. The van der Waals surface area contributed by atoms with Crippen LogP contribution in [-0.4, -0.2) is 37.8 Å². The number of rotatable bonds is 7. The largest absolute Gasteiger partial charge is 0.322 e. The van der Waals surface area contributed by atoms with Crippen LogP contribution in [0, 0.1) is 12.8 Å². The van der Waals surface area contributed by atoms with Crippen molar-refractivity contribution in [3.05, 3.63) is 94.5 Å². The minimum absolute atomic E-state index is 0.0823. The molecule has 2 atom stereocenters. The molecule has 1 heterocycles. The van der Waals surface area contributed by atoms with Crippen LogP contribution >= 0.6 is 0 Å². The number of anilines is 1. The Labute approximate surface area is 226 Å². The SMILES string of the molecule is Cc1ccccc1C(=O)Nc1ccc(S(=O)(=O)N(Cc2ccccc2)C2CCNCC2C)c2c1CCCC2. The third-order valence-corrected chi connectivity index (χ3v) is 9.96. The second-order valence-corrected chi connectivity index (χ2v) is 12.5. The van der Waals surface area contributed by atoms with E-state index in [0.29, 0.717) is 23.4 Å². The average Bonchev–Trinajstić information content (AvgIpc) is 2.93. The first-order chi connectivity index (χ1) is 18.4. The maximum Gasteiger partial charge on any atom is 0.255 e. The number of amides is 1. The fourth-order valence-corrected chi connectivity index (χ4v) is 7.93. The van der Waals surface area contributed by atoms with E-state index in [1.165, 1.54) is 0 Å². The molecule has 2 N–H and O–H groups in total. The van der Waals surface area contributed by atoms with Crippen molar-refractivity contribution in [2.24, 2.45) is 5.92 Å². The molecule has 0 radical (unpaired) electrons. The van der Waals surface area contributed by atoms with Crippen LogP contribution in [0.4, 0.5) is 5.69 Å². The second kappa shape index (κ2) is 11.4. The first kappa shape index (κ1) is 26.6. The molecule has 6 nitrogen and oxygen atoms in total. The van der Waals surface area contributed by atoms with Gasteiger partial charge in [-0.25, -0.2) is 8.42 Å². The number of piperidine rings is 1. The molecule has 5 rings (SSSR count). The normalized spacial score (nSPS) is 19.7. The smallest absolute Gasteiger partial charge is 0.255 e. The highest BCUT2D eigenvalue weighted by Crippen LogP contribution is 2.37. The Morgan fingerprint density at radius 2 is 1.68 bits per heavy atom. The molecule has 0 spiro atoms. The fraction of sp³-hybridized carbons (Fsp3) is 0.387. The topological polar surface area (TPSA) is 78.5 Å². The van der Waals surface area contributed by atoms with E-state index in [-0.39, 0.29) is 17.9 Å². The standard InChI is InChI=1S/C31H37N3O3S/c1-22-10-6-7-13-25(22)31(35)33-28-16-17-30(27-15-9-8-14-26(27)28)38(36,37)34(21-24-11-4-3-5-12-24)29-18-19-32-20-23(29)2/h3-7,10-13,16-17,23,29,32H,8-9,14-15,18-21H2,1-2H3,(H,33,35). The van der Waals surface area contributed by atoms with Crippen LogP contribution in [0.5, 0.6) is 0 Å². The minimum Gasteiger partial charge on any atom is -0.322 e. The summed E-state index contributed by atoms with van der Waals surface area (Å²) in [6.45, 7) is 6.00. The third kappa shape index (κ3) is 5.41. The Bertz CT molecular complexity index is 1410. The van der Waals surface area contributed by atoms with Gasteiger partial charge in [0.05, 0.1) is 4.90 Å². The molecule has 2 unspecified atom stereocenters. The molecule has 7 heteroatoms. The maximum absolute atomic E-state index is 14.5. The van der Waals surface area contributed by atoms with E-state index in [1.807, 2.05) is 61.5 Å². The van der Waals surface area contributed by atoms with E-state index in [4.69, 9.17) is 0 Å². The number of carbonyl (C=O) groups excluding carboxylic acids is 1. The van der Waals surface area contributed by atoms with Gasteiger partial charge in [-0.1, -0.05) is 55.5 Å². The molecule has 0 bridgehead atoms. The number of benzene rings is 3. The molecule has 1 saturated heterocycles. The van der Waals surface area contributed by atoms with Crippen molar-refractivity contribution in [3.8, 4) is 0 Å². The zero-order valence-electron chi connectivity index (χ0n) is 22.2. The predicted molar refractivity (Wildman–Crippen MR) is 152 cm³/mol. The summed E-state index contributed by atoms with van der Waals surface area (Å²) in [6.07, 6.45) is 4.14. The Morgan fingerprint density at radius 1 is 0.974 bits per heavy atom. The highest BCUT2D eigenvalue weighted by Gasteiger charge is 2.38. The number of fused-ring (bicyclic) bond motifs is 1. The van der Waals surface area contributed by atoms with Crippen molar-refractivity contribution in [2.45, 2.75) is 63.4 Å². The monoisotopic (exact) mass is 531 g/mol. The fourth-order valence-electron chi connectivity index (χ4n) is 5.91. The van der Waals surface area contributed by atoms with Crippen LogP contribution in [0.15, 0.2) is 71.6 Å². The van der Waals surface area contributed by atoms with Gasteiger partial charge in [0.25, 0.3) is 5.91 Å². The molecule has 2 aliphatic rings. The van der Waals surface area contributed by atoms with Crippen LogP contribution in [0.1, 0.15) is 58.8 Å². The van der Waals surface area contributed by atoms with Crippen molar-refractivity contribution in [1.29, 1.82) is 0 Å². The van der Waals surface area contributed by atoms with Gasteiger partial charge in [0.2, 0.25) is 10.0 Å². The lowest BCUT2D eigenvalue weighted by atomic mass is 9.90. The summed E-state index contributed by atoms with van der Waals surface area (Å²) < 4.78 is 30.7. The van der Waals surface area contributed by atoms with Gasteiger partial charge in [-0.05, 0) is 98.5 Å². The highest BCUT2D eigenvalue weighted by atomic mass is 32.2. The number of aryl methyl sites for hydroxylation is 1. The third-order valence-electron chi connectivity index (χ3n) is 8.01. The molecule has 1 fully saturated rings. The number of nitrogens with zero attached hydrogens (tertiary/aromatic N) is 1. The lowest BCUT2D eigenvalue weighted by Crippen LogP contribution is -2.50. The highest BCUT2D eigenvalue weighted by molar-refractivity contribution is 7.89. The van der Waals surface area contributed by atoms with Crippen LogP contribution in [0.3, 0.4) is 0 Å². The van der Waals surface area contributed by atoms with Gasteiger partial charge >= 0.3 is 0 Å². The van der Waals surface area contributed by atoms with E-state index in [0.717, 1.165) is 66.7 Å². The first-order valence-electron chi connectivity index (χ1n) is 13.6. The lowest BCUT2D eigenvalue weighted by Gasteiger charge is -2.38. The Hall–Kier alpha value is -3.00. The summed E-state index contributed by atoms with van der Waals surface area (Å²) in [5.41, 5.74) is 5.05. The summed E-state index contributed by atoms with van der Waals surface area (Å²) in [7, 11) is -3.78. The number of carbonyl (C=O) groups is 1. The van der Waals surface area contributed by atoms with Crippen molar-refractivity contribution in [3.63, 3.8) is 0 Å². The van der Waals surface area contributed by atoms with E-state index in [9.17, 15) is 13.2 Å². The van der Waals surface area contributed by atoms with E-state index < -0.39 is 10.0 Å². The van der Waals surface area contributed by atoms with Crippen LogP contribution in [0.25, 0.3) is 0 Å². The van der Waals surface area contributed by atoms with Gasteiger partial charge in [-0.3, -0.25) is 4.79 Å². The second-order valence-electron chi connectivity index (χ2n) is 10.6. The summed E-state index contributed by atoms with van der Waals surface area (Å²) in [6, 6.07) is 20.8. The predicted octanol–water partition coefficient (Wildman–Crippen LogP) is 5.32. The Morgan fingerprint density at radius 3 is 2.42 bits per heavy atom. The zero-order chi connectivity index (χ0) is 26.7. The van der Waals surface area contributed by atoms with Gasteiger partial charge in [0, 0.05) is 23.8 Å². The molecule has 1 amide bonds. The van der Waals surface area contributed by atoms with Gasteiger partial charge in [0.1, 0.15) is 0 Å². The molecule has 3 aromatic carbocycles. The van der Waals surface area contributed by atoms with Crippen LogP contribution in [-0.2, 0) is 29.4 Å². The van der Waals surface area contributed by atoms with E-state index >= 15 is 0 Å². The summed E-state index contributed by atoms with van der Waals surface area (Å²) in [4.78, 5) is 13.5. The minimum atomic E-state index is -3.78. The van der Waals surface area contributed by atoms with Gasteiger partial charge in [-0.15, -0.1) is 0 Å². The Balaban J connectivity index is 1.53. The van der Waals surface area contributed by atoms with E-state index in [2.05, 4.69) is 17.6 Å². The number of hydrogen-bond acceptors (Lipinski definition) is 4. The van der Waals surface area contributed by atoms with Crippen LogP contribution in [0.2, 0.25) is 0 Å². The van der Waals surface area contributed by atoms with Crippen molar-refractivity contribution < 1.29 is 13.2 Å². The Kier molecular flexibility index (Phi) is 7.98. The first-order valence-corrected chi connectivity index (χ1v) is 15.1. The quantitative estimate of drug-likeness (QED) is 0.433. The van der Waals surface area contributed by atoms with E-state index in [1.54, 1.807) is 16.4 Å². The van der Waals surface area contributed by atoms with Crippen molar-refractivity contribution >= 4 is 21.6 Å². The van der Waals surface area contributed by atoms with Gasteiger partial charge in [0.15, 0.2) is 0 Å². The molecule has 200 valence electrons. The maximum atomic E-state index is 14.5. The summed E-state index contributed by atoms with van der Waals surface area (Å²) >= 11 is 0. The van der Waals surface area contributed by atoms with Crippen molar-refractivity contribution in [1.82, 2.24) is 9.62 Å². The molecular weight excluding hydrogens is 494 g/mol. The molecule has 0 saturated carbocycles. The number of sulfonamides is 1. The molecule has 1 aliphatic carbocycles. The van der Waals surface area contributed by atoms with Gasteiger partial charge < -0.3 is 10.6 Å². The molecule has 38 heavy (non-hydrogen) atoms. The molecule has 0 aromatic heterocycles. The number of nitrogens with one attached hydrogen (secondary N) is 2. The number of hydrogen-bond donors (Lipinski definition) is 2. The van der Waals surface area contributed by atoms with Crippen LogP contribution < -0.4 is 10.6 Å². The lowest BCUT2D eigenvalue weighted by molar-refractivity contribution is 0.102. The zero-order valence-corrected chi connectivity index (χ0v) is 23.1. The molecular formula is C31H37N3O3S. The van der Waals surface area contributed by atoms with Crippen molar-refractivity contribution in [2.75, 3.05) is 18.4 Å².